The van der Waals surface area contributed by atoms with Gasteiger partial charge in [0.15, 0.2) is 23.0 Å². The first-order valence-corrected chi connectivity index (χ1v) is 10.9. The molecule has 5 rings (SSSR count). The SMILES string of the molecule is COc1ccc2c(c1OC)-c1c(c(-c3ccccc3)c(-c3ccccc3)c(OC)c1OC)C2. The van der Waals surface area contributed by atoms with Crippen molar-refractivity contribution in [1.82, 2.24) is 0 Å². The van der Waals surface area contributed by atoms with Crippen molar-refractivity contribution in [2.75, 3.05) is 28.4 Å². The van der Waals surface area contributed by atoms with Crippen LogP contribution in [-0.2, 0) is 6.42 Å². The fourth-order valence-electron chi connectivity index (χ4n) is 4.97. The van der Waals surface area contributed by atoms with E-state index in [2.05, 4.69) is 42.5 Å². The van der Waals surface area contributed by atoms with Crippen LogP contribution in [0, 0.1) is 0 Å². The molecular weight excluding hydrogens is 412 g/mol. The Morgan fingerprint density at radius 1 is 0.485 bits per heavy atom. The number of ether oxygens (including phenoxy) is 4. The average Bonchev–Trinajstić information content (AvgIpc) is 3.26. The van der Waals surface area contributed by atoms with E-state index in [0.717, 1.165) is 39.8 Å². The lowest BCUT2D eigenvalue weighted by molar-refractivity contribution is 0.352. The highest BCUT2D eigenvalue weighted by Gasteiger charge is 2.35. The molecule has 0 heterocycles. The molecule has 33 heavy (non-hydrogen) atoms. The Morgan fingerprint density at radius 3 is 1.58 bits per heavy atom. The minimum absolute atomic E-state index is 0.693. The van der Waals surface area contributed by atoms with Gasteiger partial charge in [0.1, 0.15) is 0 Å². The molecule has 0 saturated heterocycles. The standard InChI is InChI=1S/C29H26O4/c1-30-22-16-15-20-17-21-23(18-11-7-5-8-12-18)24(19-13-9-6-10-14-19)28(32-3)29(33-4)26(21)25(20)27(22)31-2/h5-16H,17H2,1-4H3. The van der Waals surface area contributed by atoms with Crippen LogP contribution < -0.4 is 18.9 Å². The minimum Gasteiger partial charge on any atom is -0.493 e. The van der Waals surface area contributed by atoms with Gasteiger partial charge in [0.05, 0.1) is 28.4 Å². The molecule has 0 unspecified atom stereocenters. The van der Waals surface area contributed by atoms with E-state index in [1.807, 2.05) is 30.3 Å². The van der Waals surface area contributed by atoms with E-state index in [0.29, 0.717) is 23.0 Å². The predicted molar refractivity (Wildman–Crippen MR) is 132 cm³/mol. The molecule has 0 atom stereocenters. The van der Waals surface area contributed by atoms with Gasteiger partial charge in [-0.1, -0.05) is 66.7 Å². The number of hydrogen-bond donors (Lipinski definition) is 0. The molecule has 0 fully saturated rings. The van der Waals surface area contributed by atoms with Crippen LogP contribution in [0.3, 0.4) is 0 Å². The zero-order valence-electron chi connectivity index (χ0n) is 19.3. The van der Waals surface area contributed by atoms with Crippen LogP contribution in [0.2, 0.25) is 0 Å². The van der Waals surface area contributed by atoms with E-state index in [4.69, 9.17) is 18.9 Å². The Balaban J connectivity index is 1.96. The summed E-state index contributed by atoms with van der Waals surface area (Å²) < 4.78 is 23.6. The summed E-state index contributed by atoms with van der Waals surface area (Å²) in [7, 11) is 6.73. The third kappa shape index (κ3) is 3.21. The zero-order chi connectivity index (χ0) is 22.9. The van der Waals surface area contributed by atoms with Gasteiger partial charge in [-0.05, 0) is 40.3 Å². The molecule has 0 spiro atoms. The number of fused-ring (bicyclic) bond motifs is 3. The summed E-state index contributed by atoms with van der Waals surface area (Å²) in [6, 6.07) is 24.9. The minimum atomic E-state index is 0.693. The summed E-state index contributed by atoms with van der Waals surface area (Å²) in [5.41, 5.74) is 8.74. The molecule has 1 aliphatic carbocycles. The van der Waals surface area contributed by atoms with Gasteiger partial charge < -0.3 is 18.9 Å². The molecular formula is C29H26O4. The van der Waals surface area contributed by atoms with E-state index in [1.165, 1.54) is 11.1 Å². The number of hydrogen-bond acceptors (Lipinski definition) is 4. The van der Waals surface area contributed by atoms with Gasteiger partial charge in [-0.2, -0.15) is 0 Å². The van der Waals surface area contributed by atoms with Crippen LogP contribution >= 0.6 is 0 Å². The first-order chi connectivity index (χ1) is 16.2. The van der Waals surface area contributed by atoms with Crippen molar-refractivity contribution in [3.05, 3.63) is 83.9 Å². The fourth-order valence-corrected chi connectivity index (χ4v) is 4.97. The average molecular weight is 439 g/mol. The van der Waals surface area contributed by atoms with Crippen molar-refractivity contribution in [3.63, 3.8) is 0 Å². The summed E-state index contributed by atoms with van der Waals surface area (Å²) in [4.78, 5) is 0. The molecule has 4 nitrogen and oxygen atoms in total. The maximum atomic E-state index is 6.06. The molecule has 0 saturated carbocycles. The van der Waals surface area contributed by atoms with Crippen molar-refractivity contribution in [2.45, 2.75) is 6.42 Å². The zero-order valence-corrected chi connectivity index (χ0v) is 19.3. The van der Waals surface area contributed by atoms with E-state index in [9.17, 15) is 0 Å². The first kappa shape index (κ1) is 21.0. The lowest BCUT2D eigenvalue weighted by atomic mass is 9.86. The molecule has 4 heteroatoms. The molecule has 0 bridgehead atoms. The summed E-state index contributed by atoms with van der Waals surface area (Å²) in [6.45, 7) is 0. The van der Waals surface area contributed by atoms with Crippen LogP contribution in [-0.4, -0.2) is 28.4 Å². The van der Waals surface area contributed by atoms with Gasteiger partial charge >= 0.3 is 0 Å². The van der Waals surface area contributed by atoms with E-state index < -0.39 is 0 Å². The Bertz CT molecular complexity index is 1310. The molecule has 0 aliphatic heterocycles. The highest BCUT2D eigenvalue weighted by atomic mass is 16.5. The van der Waals surface area contributed by atoms with Crippen molar-refractivity contribution in [1.29, 1.82) is 0 Å². The molecule has 0 radical (unpaired) electrons. The van der Waals surface area contributed by atoms with Gasteiger partial charge in [0.2, 0.25) is 0 Å². The Morgan fingerprint density at radius 2 is 1.03 bits per heavy atom. The molecule has 0 amide bonds. The Labute approximate surface area is 194 Å². The normalized spacial score (nSPS) is 11.5. The lowest BCUT2D eigenvalue weighted by Crippen LogP contribution is -2.02. The second kappa shape index (κ2) is 8.55. The van der Waals surface area contributed by atoms with Crippen molar-refractivity contribution < 1.29 is 18.9 Å². The smallest absolute Gasteiger partial charge is 0.169 e. The van der Waals surface area contributed by atoms with Crippen LogP contribution in [0.15, 0.2) is 72.8 Å². The maximum Gasteiger partial charge on any atom is 0.169 e. The summed E-state index contributed by atoms with van der Waals surface area (Å²) >= 11 is 0. The van der Waals surface area contributed by atoms with E-state index in [-0.39, 0.29) is 0 Å². The fraction of sp³-hybridized carbons (Fsp3) is 0.172. The summed E-state index contributed by atoms with van der Waals surface area (Å²) in [5, 5.41) is 0. The van der Waals surface area contributed by atoms with Gasteiger partial charge in [-0.15, -0.1) is 0 Å². The highest BCUT2D eigenvalue weighted by molar-refractivity contribution is 6.02. The van der Waals surface area contributed by atoms with Crippen LogP contribution in [0.5, 0.6) is 23.0 Å². The molecule has 166 valence electrons. The number of benzene rings is 4. The first-order valence-electron chi connectivity index (χ1n) is 10.9. The maximum absolute atomic E-state index is 6.06. The lowest BCUT2D eigenvalue weighted by Gasteiger charge is -2.23. The van der Waals surface area contributed by atoms with Crippen LogP contribution in [0.4, 0.5) is 0 Å². The summed E-state index contributed by atoms with van der Waals surface area (Å²) in [6.07, 6.45) is 0.759. The van der Waals surface area contributed by atoms with Crippen molar-refractivity contribution >= 4 is 0 Å². The van der Waals surface area contributed by atoms with E-state index in [1.54, 1.807) is 28.4 Å². The Kier molecular flexibility index (Phi) is 5.43. The largest absolute Gasteiger partial charge is 0.493 e. The summed E-state index contributed by atoms with van der Waals surface area (Å²) in [5.74, 6) is 2.81. The number of methoxy groups -OCH3 is 4. The third-order valence-electron chi connectivity index (χ3n) is 6.30. The van der Waals surface area contributed by atoms with E-state index >= 15 is 0 Å². The second-order valence-electron chi connectivity index (χ2n) is 7.91. The second-order valence-corrected chi connectivity index (χ2v) is 7.91. The molecule has 0 N–H and O–H groups in total. The van der Waals surface area contributed by atoms with Crippen LogP contribution in [0.25, 0.3) is 33.4 Å². The van der Waals surface area contributed by atoms with Gasteiger partial charge in [0, 0.05) is 16.7 Å². The molecule has 4 aromatic carbocycles. The highest BCUT2D eigenvalue weighted by Crippen LogP contribution is 2.59. The quantitative estimate of drug-likeness (QED) is 0.298. The topological polar surface area (TPSA) is 36.9 Å². The van der Waals surface area contributed by atoms with Crippen LogP contribution in [0.1, 0.15) is 11.1 Å². The van der Waals surface area contributed by atoms with Crippen molar-refractivity contribution in [2.24, 2.45) is 0 Å². The molecule has 0 aromatic heterocycles. The molecule has 1 aliphatic rings. The van der Waals surface area contributed by atoms with Gasteiger partial charge in [-0.25, -0.2) is 0 Å². The van der Waals surface area contributed by atoms with Crippen molar-refractivity contribution in [3.8, 4) is 56.4 Å². The third-order valence-corrected chi connectivity index (χ3v) is 6.30. The number of rotatable bonds is 6. The molecule has 4 aromatic rings. The van der Waals surface area contributed by atoms with Gasteiger partial charge in [0.25, 0.3) is 0 Å². The van der Waals surface area contributed by atoms with Gasteiger partial charge in [-0.3, -0.25) is 0 Å². The monoisotopic (exact) mass is 438 g/mol. The predicted octanol–water partition coefficient (Wildman–Crippen LogP) is 6.63. The Hall–Kier alpha value is -3.92.